The molecule has 1 unspecified atom stereocenters. The van der Waals surface area contributed by atoms with Crippen LogP contribution in [0.25, 0.3) is 0 Å². The first kappa shape index (κ1) is 16.4. The number of likely N-dealkylation sites (tertiary alicyclic amines) is 1. The Morgan fingerprint density at radius 3 is 2.95 bits per heavy atom. The summed E-state index contributed by atoms with van der Waals surface area (Å²) < 4.78 is 28.4. The third kappa shape index (κ3) is 4.02. The zero-order chi connectivity index (χ0) is 14.8. The summed E-state index contributed by atoms with van der Waals surface area (Å²) in [5.74, 6) is 0. The van der Waals surface area contributed by atoms with Crippen LogP contribution in [0.2, 0.25) is 0 Å². The second kappa shape index (κ2) is 6.85. The number of likely N-dealkylation sites (N-methyl/N-ethyl adjacent to an activating group) is 1. The molecule has 20 heavy (non-hydrogen) atoms. The number of hydrogen-bond acceptors (Lipinski definition) is 5. The van der Waals surface area contributed by atoms with Gasteiger partial charge in [-0.15, -0.1) is 11.3 Å². The quantitative estimate of drug-likeness (QED) is 0.812. The molecule has 1 aromatic heterocycles. The average molecular weight is 382 g/mol. The van der Waals surface area contributed by atoms with Crippen molar-refractivity contribution in [2.75, 3.05) is 27.2 Å². The molecule has 8 heteroatoms. The number of nitrogens with zero attached hydrogens (tertiary/aromatic N) is 1. The fraction of sp³-hybridized carbons (Fsp3) is 0.667. The van der Waals surface area contributed by atoms with Crippen molar-refractivity contribution in [2.45, 2.75) is 30.3 Å². The smallest absolute Gasteiger partial charge is 0.242 e. The molecule has 1 aliphatic rings. The van der Waals surface area contributed by atoms with Gasteiger partial charge in [0.15, 0.2) is 0 Å². The Morgan fingerprint density at radius 1 is 1.55 bits per heavy atom. The number of thiophene rings is 1. The molecule has 114 valence electrons. The largest absolute Gasteiger partial charge is 0.315 e. The first-order chi connectivity index (χ1) is 9.42. The Balaban J connectivity index is 2.13. The molecule has 0 aliphatic carbocycles. The summed E-state index contributed by atoms with van der Waals surface area (Å²) in [4.78, 5) is 3.51. The van der Waals surface area contributed by atoms with Gasteiger partial charge >= 0.3 is 0 Å². The number of nitrogens with one attached hydrogen (secondary N) is 2. The van der Waals surface area contributed by atoms with E-state index in [9.17, 15) is 8.42 Å². The molecule has 2 heterocycles. The molecule has 1 aliphatic heterocycles. The molecule has 1 aromatic rings. The highest BCUT2D eigenvalue weighted by Gasteiger charge is 2.26. The normalized spacial score (nSPS) is 21.2. The lowest BCUT2D eigenvalue weighted by Gasteiger charge is -2.29. The second-order valence-electron chi connectivity index (χ2n) is 5.10. The lowest BCUT2D eigenvalue weighted by molar-refractivity contribution is 0.242. The van der Waals surface area contributed by atoms with Crippen LogP contribution in [-0.2, 0) is 16.6 Å². The Kier molecular flexibility index (Phi) is 5.61. The molecule has 0 spiro atoms. The van der Waals surface area contributed by atoms with Gasteiger partial charge in [0.05, 0.1) is 3.79 Å². The number of rotatable bonds is 5. The fourth-order valence-corrected chi connectivity index (χ4v) is 6.34. The Hall–Kier alpha value is 0.01000. The second-order valence-corrected chi connectivity index (χ2v) is 9.24. The summed E-state index contributed by atoms with van der Waals surface area (Å²) in [7, 11) is 0.413. The first-order valence-electron chi connectivity index (χ1n) is 6.56. The molecule has 1 saturated heterocycles. The van der Waals surface area contributed by atoms with Gasteiger partial charge in [-0.05, 0) is 55.5 Å². The maximum atomic E-state index is 12.5. The Labute approximate surface area is 132 Å². The molecule has 5 nitrogen and oxygen atoms in total. The van der Waals surface area contributed by atoms with Crippen LogP contribution in [0.5, 0.6) is 0 Å². The average Bonchev–Trinajstić information content (AvgIpc) is 2.71. The number of piperidine rings is 1. The van der Waals surface area contributed by atoms with Crippen molar-refractivity contribution >= 4 is 37.3 Å². The maximum absolute atomic E-state index is 12.5. The minimum atomic E-state index is -3.45. The van der Waals surface area contributed by atoms with Crippen LogP contribution in [0.4, 0.5) is 0 Å². The van der Waals surface area contributed by atoms with Crippen molar-refractivity contribution in [2.24, 2.45) is 0 Å². The summed E-state index contributed by atoms with van der Waals surface area (Å²) in [6.45, 7) is 2.47. The molecule has 0 amide bonds. The maximum Gasteiger partial charge on any atom is 0.242 e. The third-order valence-electron chi connectivity index (χ3n) is 3.29. The van der Waals surface area contributed by atoms with E-state index in [2.05, 4.69) is 30.9 Å². The summed E-state index contributed by atoms with van der Waals surface area (Å²) in [6, 6.07) is 1.73. The van der Waals surface area contributed by atoms with Gasteiger partial charge in [0.25, 0.3) is 0 Å². The molecule has 0 radical (unpaired) electrons. The lowest BCUT2D eigenvalue weighted by Crippen LogP contribution is -2.46. The Bertz CT molecular complexity index is 559. The zero-order valence-electron chi connectivity index (χ0n) is 11.6. The standard InChI is InChI=1S/C12H20BrN3O2S2/c1-14-7-10-6-11(12(13)19-10)20(17,18)15-9-4-3-5-16(2)8-9/h6,9,14-15H,3-5,7-8H2,1-2H3. The minimum absolute atomic E-state index is 0.00157. The highest BCUT2D eigenvalue weighted by atomic mass is 79.9. The van der Waals surface area contributed by atoms with E-state index in [0.717, 1.165) is 30.8 Å². The predicted octanol–water partition coefficient (Wildman–Crippen LogP) is 1.60. The van der Waals surface area contributed by atoms with Crippen LogP contribution >= 0.6 is 27.3 Å². The summed E-state index contributed by atoms with van der Waals surface area (Å²) >= 11 is 4.81. The van der Waals surface area contributed by atoms with Crippen molar-refractivity contribution in [3.8, 4) is 0 Å². The fourth-order valence-electron chi connectivity index (χ4n) is 2.39. The highest BCUT2D eigenvalue weighted by Crippen LogP contribution is 2.32. The molecule has 0 saturated carbocycles. The molecule has 1 atom stereocenters. The number of sulfonamides is 1. The third-order valence-corrected chi connectivity index (χ3v) is 7.07. The van der Waals surface area contributed by atoms with E-state index in [0.29, 0.717) is 15.2 Å². The van der Waals surface area contributed by atoms with E-state index in [-0.39, 0.29) is 6.04 Å². The molecular formula is C12H20BrN3O2S2. The molecule has 1 fully saturated rings. The van der Waals surface area contributed by atoms with Gasteiger partial charge in [0, 0.05) is 24.0 Å². The van der Waals surface area contributed by atoms with E-state index in [1.54, 1.807) is 6.07 Å². The van der Waals surface area contributed by atoms with E-state index in [1.807, 2.05) is 14.1 Å². The van der Waals surface area contributed by atoms with Crippen LogP contribution < -0.4 is 10.0 Å². The van der Waals surface area contributed by atoms with Crippen molar-refractivity contribution in [3.63, 3.8) is 0 Å². The van der Waals surface area contributed by atoms with Gasteiger partial charge in [-0.3, -0.25) is 0 Å². The molecule has 0 aromatic carbocycles. The summed E-state index contributed by atoms with van der Waals surface area (Å²) in [6.07, 6.45) is 1.92. The van der Waals surface area contributed by atoms with Gasteiger partial charge < -0.3 is 10.2 Å². The van der Waals surface area contributed by atoms with Gasteiger partial charge in [0.1, 0.15) is 4.90 Å². The van der Waals surface area contributed by atoms with Crippen LogP contribution in [0, 0.1) is 0 Å². The van der Waals surface area contributed by atoms with Gasteiger partial charge in [0.2, 0.25) is 10.0 Å². The molecular weight excluding hydrogens is 362 g/mol. The van der Waals surface area contributed by atoms with Crippen molar-refractivity contribution in [1.82, 2.24) is 14.9 Å². The SMILES string of the molecule is CNCc1cc(S(=O)(=O)NC2CCCN(C)C2)c(Br)s1. The monoisotopic (exact) mass is 381 g/mol. The van der Waals surface area contributed by atoms with Gasteiger partial charge in [-0.1, -0.05) is 0 Å². The van der Waals surface area contributed by atoms with E-state index in [4.69, 9.17) is 0 Å². The lowest BCUT2D eigenvalue weighted by atomic mass is 10.1. The minimum Gasteiger partial charge on any atom is -0.315 e. The number of hydrogen-bond donors (Lipinski definition) is 2. The molecule has 2 N–H and O–H groups in total. The van der Waals surface area contributed by atoms with Crippen LogP contribution in [0.15, 0.2) is 14.7 Å². The first-order valence-corrected chi connectivity index (χ1v) is 9.65. The molecule has 2 rings (SSSR count). The van der Waals surface area contributed by atoms with E-state index >= 15 is 0 Å². The zero-order valence-corrected chi connectivity index (χ0v) is 14.9. The van der Waals surface area contributed by atoms with Crippen molar-refractivity contribution in [1.29, 1.82) is 0 Å². The Morgan fingerprint density at radius 2 is 2.30 bits per heavy atom. The van der Waals surface area contributed by atoms with E-state index < -0.39 is 10.0 Å². The van der Waals surface area contributed by atoms with Crippen molar-refractivity contribution < 1.29 is 8.42 Å². The van der Waals surface area contributed by atoms with Crippen LogP contribution in [0.3, 0.4) is 0 Å². The summed E-state index contributed by atoms with van der Waals surface area (Å²) in [5, 5.41) is 3.03. The summed E-state index contributed by atoms with van der Waals surface area (Å²) in [5.41, 5.74) is 0. The highest BCUT2D eigenvalue weighted by molar-refractivity contribution is 9.11. The topological polar surface area (TPSA) is 61.4 Å². The van der Waals surface area contributed by atoms with Gasteiger partial charge in [-0.25, -0.2) is 13.1 Å². The molecule has 0 bridgehead atoms. The van der Waals surface area contributed by atoms with Crippen molar-refractivity contribution in [3.05, 3.63) is 14.7 Å². The number of halogens is 1. The predicted molar refractivity (Wildman–Crippen MR) is 85.6 cm³/mol. The van der Waals surface area contributed by atoms with Gasteiger partial charge in [-0.2, -0.15) is 0 Å². The van der Waals surface area contributed by atoms with Crippen LogP contribution in [0.1, 0.15) is 17.7 Å². The van der Waals surface area contributed by atoms with E-state index in [1.165, 1.54) is 11.3 Å². The van der Waals surface area contributed by atoms with Crippen LogP contribution in [-0.4, -0.2) is 46.5 Å².